The molecular weight excluding hydrogens is 358 g/mol. The van der Waals surface area contributed by atoms with Gasteiger partial charge in [0.05, 0.1) is 11.0 Å². The molecule has 1 N–H and O–H groups in total. The van der Waals surface area contributed by atoms with Crippen molar-refractivity contribution in [1.82, 2.24) is 5.32 Å². The number of amides is 1. The third kappa shape index (κ3) is 4.15. The fourth-order valence-electron chi connectivity index (χ4n) is 3.79. The molecule has 0 heterocycles. The molecule has 0 spiro atoms. The van der Waals surface area contributed by atoms with Crippen LogP contribution in [0.1, 0.15) is 48.8 Å². The summed E-state index contributed by atoms with van der Waals surface area (Å²) in [5.74, 6) is -0.670. The standard InChI is InChI=1S/C21H21F4NO/c22-18-7-3-2-6-17(18)20(12-4-1-5-13-20)19(27)26-14-15-8-10-16(11-9-15)21(23,24)25/h2-3,6-11H,1,4-5,12-14H2,(H,26,27). The molecule has 1 aliphatic carbocycles. The minimum atomic E-state index is -4.39. The summed E-state index contributed by atoms with van der Waals surface area (Å²) in [7, 11) is 0. The number of halogens is 4. The second-order valence-electron chi connectivity index (χ2n) is 7.00. The predicted octanol–water partition coefficient (Wildman–Crippen LogP) is 5.36. The van der Waals surface area contributed by atoms with Crippen molar-refractivity contribution >= 4 is 5.91 Å². The molecule has 1 saturated carbocycles. The Morgan fingerprint density at radius 2 is 1.59 bits per heavy atom. The van der Waals surface area contributed by atoms with E-state index in [0.717, 1.165) is 31.4 Å². The van der Waals surface area contributed by atoms with E-state index in [1.165, 1.54) is 18.2 Å². The minimum absolute atomic E-state index is 0.104. The van der Waals surface area contributed by atoms with Crippen LogP contribution in [0.4, 0.5) is 17.6 Å². The second-order valence-corrected chi connectivity index (χ2v) is 7.00. The smallest absolute Gasteiger partial charge is 0.351 e. The quantitative estimate of drug-likeness (QED) is 0.712. The first-order valence-corrected chi connectivity index (χ1v) is 9.02. The van der Waals surface area contributed by atoms with E-state index in [-0.39, 0.29) is 12.5 Å². The molecule has 1 fully saturated rings. The van der Waals surface area contributed by atoms with Gasteiger partial charge in [0.2, 0.25) is 5.91 Å². The van der Waals surface area contributed by atoms with Crippen LogP contribution in [0.5, 0.6) is 0 Å². The number of nitrogens with one attached hydrogen (secondary N) is 1. The van der Waals surface area contributed by atoms with Crippen LogP contribution in [0.3, 0.4) is 0 Å². The van der Waals surface area contributed by atoms with Crippen molar-refractivity contribution in [3.05, 3.63) is 71.0 Å². The maximum absolute atomic E-state index is 14.4. The lowest BCUT2D eigenvalue weighted by Crippen LogP contribution is -2.46. The Labute approximate surface area is 155 Å². The van der Waals surface area contributed by atoms with E-state index in [0.29, 0.717) is 24.0 Å². The number of carbonyl (C=O) groups excluding carboxylic acids is 1. The van der Waals surface area contributed by atoms with Crippen molar-refractivity contribution in [2.45, 2.75) is 50.2 Å². The molecule has 0 aromatic heterocycles. The highest BCUT2D eigenvalue weighted by Gasteiger charge is 2.42. The summed E-state index contributed by atoms with van der Waals surface area (Å²) in [5.41, 5.74) is -0.687. The molecule has 2 aromatic rings. The van der Waals surface area contributed by atoms with Gasteiger partial charge in [-0.3, -0.25) is 4.79 Å². The zero-order valence-electron chi connectivity index (χ0n) is 14.8. The van der Waals surface area contributed by atoms with Crippen molar-refractivity contribution in [3.63, 3.8) is 0 Å². The fourth-order valence-corrected chi connectivity index (χ4v) is 3.79. The van der Waals surface area contributed by atoms with Crippen molar-refractivity contribution in [2.75, 3.05) is 0 Å². The third-order valence-electron chi connectivity index (χ3n) is 5.27. The molecule has 0 bridgehead atoms. The molecule has 3 rings (SSSR count). The Hall–Kier alpha value is -2.37. The van der Waals surface area contributed by atoms with Crippen molar-refractivity contribution in [3.8, 4) is 0 Å². The number of rotatable bonds is 4. The molecular formula is C21H21F4NO. The summed E-state index contributed by atoms with van der Waals surface area (Å²) in [4.78, 5) is 13.0. The van der Waals surface area contributed by atoms with E-state index in [1.807, 2.05) is 0 Å². The largest absolute Gasteiger partial charge is 0.416 e. The van der Waals surface area contributed by atoms with E-state index >= 15 is 0 Å². The lowest BCUT2D eigenvalue weighted by atomic mass is 9.68. The van der Waals surface area contributed by atoms with Gasteiger partial charge in [0, 0.05) is 12.1 Å². The summed E-state index contributed by atoms with van der Waals surface area (Å²) in [6.07, 6.45) is -0.592. The molecule has 0 unspecified atom stereocenters. The van der Waals surface area contributed by atoms with E-state index in [1.54, 1.807) is 18.2 Å². The van der Waals surface area contributed by atoms with Crippen LogP contribution >= 0.6 is 0 Å². The molecule has 1 amide bonds. The summed E-state index contributed by atoms with van der Waals surface area (Å²) in [5, 5.41) is 2.81. The third-order valence-corrected chi connectivity index (χ3v) is 5.27. The van der Waals surface area contributed by atoms with Crippen LogP contribution in [0.2, 0.25) is 0 Å². The zero-order valence-corrected chi connectivity index (χ0v) is 14.8. The molecule has 1 aliphatic rings. The number of benzene rings is 2. The van der Waals surface area contributed by atoms with E-state index in [9.17, 15) is 22.4 Å². The van der Waals surface area contributed by atoms with Crippen LogP contribution in [0.15, 0.2) is 48.5 Å². The molecule has 6 heteroatoms. The maximum Gasteiger partial charge on any atom is 0.416 e. The van der Waals surface area contributed by atoms with Gasteiger partial charge >= 0.3 is 6.18 Å². The van der Waals surface area contributed by atoms with Gasteiger partial charge in [-0.1, -0.05) is 49.6 Å². The van der Waals surface area contributed by atoms with Crippen LogP contribution < -0.4 is 5.32 Å². The molecule has 0 aliphatic heterocycles. The maximum atomic E-state index is 14.4. The molecule has 2 aromatic carbocycles. The normalized spacial score (nSPS) is 16.7. The highest BCUT2D eigenvalue weighted by atomic mass is 19.4. The Balaban J connectivity index is 1.77. The van der Waals surface area contributed by atoms with Crippen LogP contribution in [0.25, 0.3) is 0 Å². The summed E-state index contributed by atoms with van der Waals surface area (Å²) >= 11 is 0. The summed E-state index contributed by atoms with van der Waals surface area (Å²) in [6, 6.07) is 11.0. The number of carbonyl (C=O) groups is 1. The molecule has 0 radical (unpaired) electrons. The van der Waals surface area contributed by atoms with Crippen molar-refractivity contribution in [2.24, 2.45) is 0 Å². The molecule has 0 atom stereocenters. The van der Waals surface area contributed by atoms with Gasteiger partial charge in [0.25, 0.3) is 0 Å². The Kier molecular flexibility index (Phi) is 5.53. The van der Waals surface area contributed by atoms with Gasteiger partial charge in [-0.15, -0.1) is 0 Å². The SMILES string of the molecule is O=C(NCc1ccc(C(F)(F)F)cc1)C1(c2ccccc2F)CCCCC1. The van der Waals surface area contributed by atoms with Gasteiger partial charge in [0.15, 0.2) is 0 Å². The molecule has 144 valence electrons. The van der Waals surface area contributed by atoms with Gasteiger partial charge in [-0.25, -0.2) is 4.39 Å². The van der Waals surface area contributed by atoms with Crippen LogP contribution in [-0.4, -0.2) is 5.91 Å². The zero-order chi connectivity index (χ0) is 19.5. The van der Waals surface area contributed by atoms with Crippen LogP contribution in [0, 0.1) is 5.82 Å². The highest BCUT2D eigenvalue weighted by molar-refractivity contribution is 5.88. The lowest BCUT2D eigenvalue weighted by Gasteiger charge is -2.36. The number of alkyl halides is 3. The van der Waals surface area contributed by atoms with E-state index in [4.69, 9.17) is 0 Å². The first-order valence-electron chi connectivity index (χ1n) is 9.02. The van der Waals surface area contributed by atoms with Crippen LogP contribution in [-0.2, 0) is 22.9 Å². The summed E-state index contributed by atoms with van der Waals surface area (Å²) < 4.78 is 52.4. The minimum Gasteiger partial charge on any atom is -0.351 e. The van der Waals surface area contributed by atoms with Gasteiger partial charge < -0.3 is 5.32 Å². The molecule has 27 heavy (non-hydrogen) atoms. The van der Waals surface area contributed by atoms with Gasteiger partial charge in [-0.05, 0) is 36.6 Å². The van der Waals surface area contributed by atoms with Gasteiger partial charge in [-0.2, -0.15) is 13.2 Å². The lowest BCUT2D eigenvalue weighted by molar-refractivity contribution is -0.137. The van der Waals surface area contributed by atoms with E-state index in [2.05, 4.69) is 5.32 Å². The average Bonchev–Trinajstić information content (AvgIpc) is 2.66. The van der Waals surface area contributed by atoms with Crippen molar-refractivity contribution in [1.29, 1.82) is 0 Å². The Morgan fingerprint density at radius 3 is 2.19 bits per heavy atom. The molecule has 2 nitrogen and oxygen atoms in total. The highest BCUT2D eigenvalue weighted by Crippen LogP contribution is 2.41. The van der Waals surface area contributed by atoms with Crippen molar-refractivity contribution < 1.29 is 22.4 Å². The Morgan fingerprint density at radius 1 is 0.963 bits per heavy atom. The summed E-state index contributed by atoms with van der Waals surface area (Å²) in [6.45, 7) is 0.104. The second kappa shape index (κ2) is 7.71. The predicted molar refractivity (Wildman–Crippen MR) is 94.5 cm³/mol. The number of hydrogen-bond acceptors (Lipinski definition) is 1. The first kappa shape index (κ1) is 19.4. The first-order chi connectivity index (χ1) is 12.8. The molecule has 0 saturated heterocycles. The average molecular weight is 379 g/mol. The van der Waals surface area contributed by atoms with Gasteiger partial charge in [0.1, 0.15) is 5.82 Å². The fraction of sp³-hybridized carbons (Fsp3) is 0.381. The number of hydrogen-bond donors (Lipinski definition) is 1. The topological polar surface area (TPSA) is 29.1 Å². The van der Waals surface area contributed by atoms with E-state index < -0.39 is 23.0 Å². The monoisotopic (exact) mass is 379 g/mol. The Bertz CT molecular complexity index is 793.